The van der Waals surface area contributed by atoms with Crippen molar-refractivity contribution in [1.29, 1.82) is 0 Å². The maximum atomic E-state index is 11.0. The molecule has 0 radical (unpaired) electrons. The molecule has 0 aliphatic carbocycles. The van der Waals surface area contributed by atoms with Gasteiger partial charge in [0.05, 0.1) is 18.0 Å². The summed E-state index contributed by atoms with van der Waals surface area (Å²) >= 11 is 0. The van der Waals surface area contributed by atoms with Crippen molar-refractivity contribution in [2.75, 3.05) is 6.61 Å². The SMILES string of the molecule is O=C(O)C[C@]1(O)[C@@H](Oc2ccc([N+](=O)[O-])cc2)O[C@H](CO)[C@H](O)[C@@H]1O. The van der Waals surface area contributed by atoms with Gasteiger partial charge in [-0.25, -0.2) is 0 Å². The summed E-state index contributed by atoms with van der Waals surface area (Å²) < 4.78 is 10.5. The van der Waals surface area contributed by atoms with Crippen molar-refractivity contribution in [3.8, 4) is 5.75 Å². The Kier molecular flexibility index (Phi) is 5.55. The quantitative estimate of drug-likeness (QED) is 0.300. The number of benzene rings is 1. The van der Waals surface area contributed by atoms with E-state index in [1.54, 1.807) is 0 Å². The second-order valence-corrected chi connectivity index (χ2v) is 5.56. The van der Waals surface area contributed by atoms with Crippen LogP contribution in [0.1, 0.15) is 6.42 Å². The van der Waals surface area contributed by atoms with E-state index in [0.29, 0.717) is 0 Å². The normalized spacial score (nSPS) is 32.2. The fourth-order valence-electron chi connectivity index (χ4n) is 2.48. The highest BCUT2D eigenvalue weighted by molar-refractivity contribution is 5.68. The van der Waals surface area contributed by atoms with E-state index in [9.17, 15) is 35.3 Å². The second kappa shape index (κ2) is 7.29. The number of aliphatic hydroxyl groups excluding tert-OH is 3. The van der Waals surface area contributed by atoms with Gasteiger partial charge in [0, 0.05) is 12.1 Å². The van der Waals surface area contributed by atoms with Gasteiger partial charge in [0.25, 0.3) is 5.69 Å². The molecule has 1 aliphatic rings. The van der Waals surface area contributed by atoms with E-state index in [2.05, 4.69) is 0 Å². The van der Waals surface area contributed by atoms with Crippen LogP contribution in [-0.2, 0) is 9.53 Å². The molecule has 1 saturated heterocycles. The number of nitro groups is 1. The number of hydrogen-bond acceptors (Lipinski definition) is 9. The molecule has 0 unspecified atom stereocenters. The van der Waals surface area contributed by atoms with Gasteiger partial charge in [-0.05, 0) is 12.1 Å². The molecule has 0 bridgehead atoms. The first-order valence-corrected chi connectivity index (χ1v) is 7.16. The smallest absolute Gasteiger partial charge is 0.306 e. The van der Waals surface area contributed by atoms with Crippen molar-refractivity contribution in [2.24, 2.45) is 0 Å². The average Bonchev–Trinajstić information content (AvgIpc) is 2.55. The van der Waals surface area contributed by atoms with Crippen molar-refractivity contribution in [2.45, 2.75) is 36.6 Å². The van der Waals surface area contributed by atoms with Crippen LogP contribution in [0, 0.1) is 10.1 Å². The molecule has 1 aromatic carbocycles. The number of carbonyl (C=O) groups is 1. The highest BCUT2D eigenvalue weighted by Crippen LogP contribution is 2.34. The number of carboxylic acid groups (broad SMARTS) is 1. The summed E-state index contributed by atoms with van der Waals surface area (Å²) in [5.41, 5.74) is -2.74. The molecule has 11 nitrogen and oxygen atoms in total. The first kappa shape index (κ1) is 19.0. The van der Waals surface area contributed by atoms with Crippen LogP contribution in [0.4, 0.5) is 5.69 Å². The van der Waals surface area contributed by atoms with Crippen LogP contribution in [0.25, 0.3) is 0 Å². The van der Waals surface area contributed by atoms with Gasteiger partial charge in [0.15, 0.2) is 5.60 Å². The summed E-state index contributed by atoms with van der Waals surface area (Å²) in [6, 6.07) is 4.61. The van der Waals surface area contributed by atoms with Crippen molar-refractivity contribution in [3.05, 3.63) is 34.4 Å². The molecular weight excluding hydrogens is 342 g/mol. The van der Waals surface area contributed by atoms with Gasteiger partial charge in [0.2, 0.25) is 6.29 Å². The van der Waals surface area contributed by atoms with E-state index in [4.69, 9.17) is 14.6 Å². The number of nitrogens with zero attached hydrogens (tertiary/aromatic N) is 1. The van der Waals surface area contributed by atoms with Crippen molar-refractivity contribution < 1.29 is 44.7 Å². The molecule has 0 spiro atoms. The van der Waals surface area contributed by atoms with Crippen LogP contribution in [0.5, 0.6) is 5.75 Å². The van der Waals surface area contributed by atoms with E-state index in [0.717, 1.165) is 12.1 Å². The predicted octanol–water partition coefficient (Wildman–Crippen LogP) is -1.38. The summed E-state index contributed by atoms with van der Waals surface area (Å²) in [5.74, 6) is -1.50. The minimum absolute atomic E-state index is 0.0142. The van der Waals surface area contributed by atoms with Gasteiger partial charge in [-0.2, -0.15) is 0 Å². The topological polar surface area (TPSA) is 180 Å². The number of hydrogen-bond donors (Lipinski definition) is 5. The van der Waals surface area contributed by atoms with Crippen LogP contribution in [-0.4, -0.2) is 73.2 Å². The summed E-state index contributed by atoms with van der Waals surface area (Å²) in [6.07, 6.45) is -7.81. The molecule has 1 aliphatic heterocycles. The zero-order valence-electron chi connectivity index (χ0n) is 12.8. The van der Waals surface area contributed by atoms with Crippen LogP contribution in [0.15, 0.2) is 24.3 Å². The maximum absolute atomic E-state index is 11.0. The van der Waals surface area contributed by atoms with Crippen molar-refractivity contribution >= 4 is 11.7 Å². The molecule has 0 saturated carbocycles. The highest BCUT2D eigenvalue weighted by atomic mass is 16.7. The third-order valence-corrected chi connectivity index (χ3v) is 3.83. The molecule has 2 rings (SSSR count). The lowest BCUT2D eigenvalue weighted by Gasteiger charge is -2.46. The van der Waals surface area contributed by atoms with Crippen LogP contribution < -0.4 is 4.74 Å². The molecule has 5 atom stereocenters. The summed E-state index contributed by atoms with van der Waals surface area (Å²) in [5, 5.41) is 59.2. The minimum atomic E-state index is -2.52. The number of nitro benzene ring substituents is 1. The molecule has 1 fully saturated rings. The van der Waals surface area contributed by atoms with Gasteiger partial charge in [-0.3, -0.25) is 14.9 Å². The Morgan fingerprint density at radius 1 is 1.32 bits per heavy atom. The molecule has 0 aromatic heterocycles. The van der Waals surface area contributed by atoms with Gasteiger partial charge in [-0.1, -0.05) is 0 Å². The Morgan fingerprint density at radius 2 is 1.92 bits per heavy atom. The standard InChI is InChI=1S/C14H17NO10/c16-6-9-11(19)12(20)14(21,5-10(17)18)13(25-9)24-8-3-1-7(2-4-8)15(22)23/h1-4,9,11-13,16,19-21H,5-6H2,(H,17,18)/t9-,11+,12+,13+,14-/m1/s1. The van der Waals surface area contributed by atoms with Crippen LogP contribution in [0.3, 0.4) is 0 Å². The lowest BCUT2D eigenvalue weighted by atomic mass is 9.84. The van der Waals surface area contributed by atoms with Gasteiger partial charge < -0.3 is 35.0 Å². The lowest BCUT2D eigenvalue weighted by Crippen LogP contribution is -2.68. The monoisotopic (exact) mass is 359 g/mol. The molecule has 11 heteroatoms. The van der Waals surface area contributed by atoms with Gasteiger partial charge in [-0.15, -0.1) is 0 Å². The molecule has 25 heavy (non-hydrogen) atoms. The second-order valence-electron chi connectivity index (χ2n) is 5.56. The van der Waals surface area contributed by atoms with Crippen LogP contribution >= 0.6 is 0 Å². The fraction of sp³-hybridized carbons (Fsp3) is 0.500. The Morgan fingerprint density at radius 3 is 2.40 bits per heavy atom. The average molecular weight is 359 g/mol. The summed E-state index contributed by atoms with van der Waals surface area (Å²) in [4.78, 5) is 21.0. The number of non-ortho nitro benzene ring substituents is 1. The zero-order chi connectivity index (χ0) is 18.8. The number of ether oxygens (including phenoxy) is 2. The molecule has 138 valence electrons. The fourth-order valence-corrected chi connectivity index (χ4v) is 2.48. The zero-order valence-corrected chi connectivity index (χ0v) is 12.8. The Hall–Kier alpha value is -2.31. The third-order valence-electron chi connectivity index (χ3n) is 3.83. The first-order valence-electron chi connectivity index (χ1n) is 7.16. The van der Waals surface area contributed by atoms with Gasteiger partial charge in [0.1, 0.15) is 24.1 Å². The van der Waals surface area contributed by atoms with E-state index < -0.39 is 54.1 Å². The van der Waals surface area contributed by atoms with Crippen molar-refractivity contribution in [3.63, 3.8) is 0 Å². The van der Waals surface area contributed by atoms with E-state index in [1.165, 1.54) is 12.1 Å². The molecule has 1 heterocycles. The minimum Gasteiger partial charge on any atom is -0.481 e. The number of aliphatic hydroxyl groups is 4. The van der Waals surface area contributed by atoms with E-state index >= 15 is 0 Å². The number of aliphatic carboxylic acids is 1. The third kappa shape index (κ3) is 3.86. The lowest BCUT2D eigenvalue weighted by molar-refractivity contribution is -0.384. The van der Waals surface area contributed by atoms with E-state index in [1.807, 2.05) is 0 Å². The van der Waals surface area contributed by atoms with E-state index in [-0.39, 0.29) is 11.4 Å². The maximum Gasteiger partial charge on any atom is 0.306 e. The van der Waals surface area contributed by atoms with Crippen LogP contribution in [0.2, 0.25) is 0 Å². The Labute approximate surface area is 140 Å². The first-order chi connectivity index (χ1) is 11.7. The number of rotatable bonds is 6. The predicted molar refractivity (Wildman–Crippen MR) is 78.7 cm³/mol. The van der Waals surface area contributed by atoms with Gasteiger partial charge >= 0.3 is 5.97 Å². The Bertz CT molecular complexity index is 635. The molecule has 1 aromatic rings. The Balaban J connectivity index is 2.29. The van der Waals surface area contributed by atoms with Crippen molar-refractivity contribution in [1.82, 2.24) is 0 Å². The molecule has 5 N–H and O–H groups in total. The summed E-state index contributed by atoms with van der Waals surface area (Å²) in [7, 11) is 0. The molecule has 0 amide bonds. The largest absolute Gasteiger partial charge is 0.481 e. The summed E-state index contributed by atoms with van der Waals surface area (Å²) in [6.45, 7) is -0.721. The highest BCUT2D eigenvalue weighted by Gasteiger charge is 2.57. The molecular formula is C14H17NO10. The number of carboxylic acids is 1.